The van der Waals surface area contributed by atoms with Gasteiger partial charge in [-0.1, -0.05) is 63.2 Å². The molecule has 0 aliphatic heterocycles. The van der Waals surface area contributed by atoms with Gasteiger partial charge in [0.15, 0.2) is 6.10 Å². The molecular weight excluding hydrogens is 342 g/mol. The lowest BCUT2D eigenvalue weighted by Gasteiger charge is -2.20. The van der Waals surface area contributed by atoms with Crippen molar-refractivity contribution in [1.29, 1.82) is 0 Å². The zero-order valence-corrected chi connectivity index (χ0v) is 16.3. The molecule has 1 N–H and O–H groups in total. The van der Waals surface area contributed by atoms with E-state index in [1.54, 1.807) is 6.92 Å². The quantitative estimate of drug-likeness (QED) is 0.757. The van der Waals surface area contributed by atoms with Crippen LogP contribution in [0.2, 0.25) is 0 Å². The maximum absolute atomic E-state index is 12.1. The van der Waals surface area contributed by atoms with E-state index in [4.69, 9.17) is 9.47 Å². The first-order valence-electron chi connectivity index (χ1n) is 9.00. The van der Waals surface area contributed by atoms with Crippen molar-refractivity contribution in [1.82, 2.24) is 5.32 Å². The third-order valence-corrected chi connectivity index (χ3v) is 4.05. The van der Waals surface area contributed by atoms with Gasteiger partial charge in [-0.15, -0.1) is 0 Å². The molecule has 0 spiro atoms. The molecule has 0 aliphatic carbocycles. The van der Waals surface area contributed by atoms with E-state index in [2.05, 4.69) is 26.1 Å². The number of amides is 1. The largest absolute Gasteiger partial charge is 0.481 e. The number of hydrogen-bond donors (Lipinski definition) is 1. The number of ether oxygens (including phenoxy) is 2. The second-order valence-electron chi connectivity index (χ2n) is 7.40. The van der Waals surface area contributed by atoms with E-state index in [0.29, 0.717) is 5.75 Å². The lowest BCUT2D eigenvalue weighted by atomic mass is 9.87. The molecular formula is C22H27NO4. The highest BCUT2D eigenvalue weighted by Crippen LogP contribution is 2.24. The Morgan fingerprint density at radius 2 is 1.63 bits per heavy atom. The van der Waals surface area contributed by atoms with Crippen LogP contribution in [0.1, 0.15) is 38.8 Å². The molecule has 1 amide bonds. The van der Waals surface area contributed by atoms with Gasteiger partial charge in [0.25, 0.3) is 5.91 Å². The van der Waals surface area contributed by atoms with Gasteiger partial charge in [-0.2, -0.15) is 0 Å². The van der Waals surface area contributed by atoms with Crippen LogP contribution < -0.4 is 10.1 Å². The molecule has 0 fully saturated rings. The lowest BCUT2D eigenvalue weighted by Crippen LogP contribution is -2.39. The van der Waals surface area contributed by atoms with Gasteiger partial charge in [0, 0.05) is 0 Å². The molecule has 27 heavy (non-hydrogen) atoms. The number of rotatable bonds is 7. The highest BCUT2D eigenvalue weighted by atomic mass is 16.5. The molecule has 0 saturated heterocycles. The van der Waals surface area contributed by atoms with Crippen molar-refractivity contribution in [3.8, 4) is 5.75 Å². The Bertz CT molecular complexity index is 748. The first kappa shape index (κ1) is 20.5. The van der Waals surface area contributed by atoms with Crippen molar-refractivity contribution in [2.24, 2.45) is 0 Å². The lowest BCUT2D eigenvalue weighted by molar-refractivity contribution is -0.145. The van der Waals surface area contributed by atoms with Crippen LogP contribution >= 0.6 is 0 Å². The van der Waals surface area contributed by atoms with Gasteiger partial charge in [-0.3, -0.25) is 9.59 Å². The number of hydrogen-bond acceptors (Lipinski definition) is 4. The molecule has 0 radical (unpaired) electrons. The van der Waals surface area contributed by atoms with Gasteiger partial charge in [-0.05, 0) is 35.6 Å². The van der Waals surface area contributed by atoms with Crippen LogP contribution in [0.4, 0.5) is 0 Å². The van der Waals surface area contributed by atoms with Crippen molar-refractivity contribution in [3.63, 3.8) is 0 Å². The summed E-state index contributed by atoms with van der Waals surface area (Å²) in [5.74, 6) is -0.252. The summed E-state index contributed by atoms with van der Waals surface area (Å²) >= 11 is 0. The van der Waals surface area contributed by atoms with Gasteiger partial charge in [-0.25, -0.2) is 0 Å². The molecule has 2 aromatic rings. The number of carbonyl (C=O) groups is 2. The average Bonchev–Trinajstić information content (AvgIpc) is 2.65. The molecule has 0 bridgehead atoms. The van der Waals surface area contributed by atoms with E-state index in [0.717, 1.165) is 5.56 Å². The van der Waals surface area contributed by atoms with Crippen LogP contribution in [0.3, 0.4) is 0 Å². The summed E-state index contributed by atoms with van der Waals surface area (Å²) in [5.41, 5.74) is 2.14. The minimum atomic E-state index is -0.715. The highest BCUT2D eigenvalue weighted by Gasteiger charge is 2.17. The first-order chi connectivity index (χ1) is 12.8. The first-order valence-corrected chi connectivity index (χ1v) is 9.00. The molecule has 2 rings (SSSR count). The van der Waals surface area contributed by atoms with E-state index >= 15 is 0 Å². The fourth-order valence-corrected chi connectivity index (χ4v) is 2.38. The number of carbonyl (C=O) groups excluding carboxylic acids is 2. The Morgan fingerprint density at radius 1 is 1.00 bits per heavy atom. The maximum Gasteiger partial charge on any atom is 0.325 e. The Morgan fingerprint density at radius 3 is 2.22 bits per heavy atom. The molecule has 144 valence electrons. The van der Waals surface area contributed by atoms with E-state index in [1.807, 2.05) is 54.6 Å². The van der Waals surface area contributed by atoms with Crippen LogP contribution in [0, 0.1) is 0 Å². The molecule has 2 aromatic carbocycles. The van der Waals surface area contributed by atoms with Gasteiger partial charge < -0.3 is 14.8 Å². The van der Waals surface area contributed by atoms with E-state index < -0.39 is 12.1 Å². The Labute approximate surface area is 160 Å². The monoisotopic (exact) mass is 369 g/mol. The van der Waals surface area contributed by atoms with Crippen LogP contribution in [-0.2, 0) is 26.3 Å². The highest BCUT2D eigenvalue weighted by molar-refractivity contribution is 5.84. The third-order valence-electron chi connectivity index (χ3n) is 4.05. The Hall–Kier alpha value is -2.82. The third kappa shape index (κ3) is 6.77. The van der Waals surface area contributed by atoms with Gasteiger partial charge in [0.2, 0.25) is 0 Å². The predicted octanol–water partition coefficient (Wildman–Crippen LogP) is 3.61. The summed E-state index contributed by atoms with van der Waals surface area (Å²) in [6.07, 6.45) is -0.715. The molecule has 1 atom stereocenters. The van der Waals surface area contributed by atoms with E-state index in [-0.39, 0.29) is 24.5 Å². The molecule has 5 nitrogen and oxygen atoms in total. The summed E-state index contributed by atoms with van der Waals surface area (Å²) in [6.45, 7) is 8.04. The smallest absolute Gasteiger partial charge is 0.325 e. The predicted molar refractivity (Wildman–Crippen MR) is 104 cm³/mol. The SMILES string of the molecule is CC(Oc1ccc(C(C)(C)C)cc1)C(=O)NCC(=O)OCc1ccccc1. The van der Waals surface area contributed by atoms with E-state index in [9.17, 15) is 9.59 Å². The van der Waals surface area contributed by atoms with Crippen molar-refractivity contribution < 1.29 is 19.1 Å². The summed E-state index contributed by atoms with van der Waals surface area (Å²) in [4.78, 5) is 23.9. The zero-order valence-electron chi connectivity index (χ0n) is 16.3. The van der Waals surface area contributed by atoms with Crippen molar-refractivity contribution in [2.75, 3.05) is 6.54 Å². The summed E-state index contributed by atoms with van der Waals surface area (Å²) in [5, 5.41) is 2.54. The molecule has 5 heteroatoms. The van der Waals surface area contributed by atoms with Crippen LogP contribution in [0.25, 0.3) is 0 Å². The summed E-state index contributed by atoms with van der Waals surface area (Å²) in [6, 6.07) is 17.0. The zero-order chi connectivity index (χ0) is 19.9. The second kappa shape index (κ2) is 9.21. The van der Waals surface area contributed by atoms with Gasteiger partial charge in [0.1, 0.15) is 18.9 Å². The second-order valence-corrected chi connectivity index (χ2v) is 7.40. The summed E-state index contributed by atoms with van der Waals surface area (Å²) in [7, 11) is 0. The van der Waals surface area contributed by atoms with Crippen LogP contribution in [0.15, 0.2) is 54.6 Å². The van der Waals surface area contributed by atoms with Gasteiger partial charge in [0.05, 0.1) is 0 Å². The fourth-order valence-electron chi connectivity index (χ4n) is 2.38. The standard InChI is InChI=1S/C22H27NO4/c1-16(27-19-12-10-18(11-13-19)22(2,3)4)21(25)23-14-20(24)26-15-17-8-6-5-7-9-17/h5-13,16H,14-15H2,1-4H3,(H,23,25). The van der Waals surface area contributed by atoms with Crippen LogP contribution in [-0.4, -0.2) is 24.5 Å². The summed E-state index contributed by atoms with van der Waals surface area (Å²) < 4.78 is 10.8. The molecule has 1 unspecified atom stereocenters. The minimum Gasteiger partial charge on any atom is -0.481 e. The fraction of sp³-hybridized carbons (Fsp3) is 0.364. The molecule has 0 saturated carbocycles. The van der Waals surface area contributed by atoms with Crippen molar-refractivity contribution in [2.45, 2.75) is 45.8 Å². The van der Waals surface area contributed by atoms with Crippen molar-refractivity contribution >= 4 is 11.9 Å². The van der Waals surface area contributed by atoms with E-state index in [1.165, 1.54) is 5.56 Å². The molecule has 0 aromatic heterocycles. The number of nitrogens with one attached hydrogen (secondary N) is 1. The average molecular weight is 369 g/mol. The maximum atomic E-state index is 12.1. The van der Waals surface area contributed by atoms with Gasteiger partial charge >= 0.3 is 5.97 Å². The number of benzene rings is 2. The van der Waals surface area contributed by atoms with Crippen LogP contribution in [0.5, 0.6) is 5.75 Å². The molecule has 0 heterocycles. The Kier molecular flexibility index (Phi) is 6.99. The Balaban J connectivity index is 1.75. The number of esters is 1. The topological polar surface area (TPSA) is 64.6 Å². The minimum absolute atomic E-state index is 0.0572. The normalized spacial score (nSPS) is 12.1. The molecule has 0 aliphatic rings. The van der Waals surface area contributed by atoms with Crippen molar-refractivity contribution in [3.05, 3.63) is 65.7 Å².